The Morgan fingerprint density at radius 2 is 2.40 bits per heavy atom. The van der Waals surface area contributed by atoms with Crippen LogP contribution in [0.5, 0.6) is 0 Å². The van der Waals surface area contributed by atoms with Crippen LogP contribution >= 0.6 is 8.41 Å². The third kappa shape index (κ3) is 3.87. The first-order chi connectivity index (χ1) is 14.8. The van der Waals surface area contributed by atoms with E-state index in [4.69, 9.17) is 17.5 Å². The number of rotatable bonds is 7. The third-order valence-electron chi connectivity index (χ3n) is 4.82. The molecule has 4 heterocycles. The number of amides is 1. The molecule has 3 aromatic heterocycles. The second kappa shape index (κ2) is 8.40. The van der Waals surface area contributed by atoms with E-state index in [1.165, 1.54) is 17.2 Å². The number of aromatic amines is 1. The number of nitrogens with zero attached hydrogens (tertiary/aromatic N) is 5. The molecule has 4 rings (SSSR count). The smallest absolute Gasteiger partial charge is 0.388 e. The molecule has 1 aliphatic heterocycles. The molecule has 1 fully saturated rings. The van der Waals surface area contributed by atoms with Crippen LogP contribution in [0.2, 0.25) is 0 Å². The number of hydrogen-bond donors (Lipinski definition) is 5. The molecule has 5 atom stereocenters. The van der Waals surface area contributed by atoms with Crippen LogP contribution in [0.4, 0.5) is 11.8 Å². The number of anilines is 2. The molecule has 0 aliphatic carbocycles. The first-order valence-electron chi connectivity index (χ1n) is 9.57. The van der Waals surface area contributed by atoms with E-state index in [9.17, 15) is 14.5 Å². The standard InChI is InChI=1S/C16H20N9O4P/c17-8(1-7-3-19-5-20-7)15(27)24-16-23-12-13(18)21-6-22-14(12)25(16)11-2-9(26)10(29-11)4-30-28/h3,5-6,8-11,26H,1-2,4,17H2,(H,19,20)(H2,18,21,22)(H,23,24,27)/p+1/i/hT. The van der Waals surface area contributed by atoms with Crippen LogP contribution < -0.4 is 16.8 Å². The lowest BCUT2D eigenvalue weighted by molar-refractivity contribution is -0.117. The Bertz CT molecular complexity index is 1110. The molecule has 0 saturated carbocycles. The first kappa shape index (κ1) is 19.0. The Balaban J connectivity index is 1.63. The number of aromatic nitrogens is 6. The summed E-state index contributed by atoms with van der Waals surface area (Å²) in [5.41, 5.74) is 13.1. The fraction of sp³-hybridized carbons (Fsp3) is 0.438. The molecule has 0 radical (unpaired) electrons. The van der Waals surface area contributed by atoms with E-state index in [0.717, 1.165) is 0 Å². The predicted octanol–water partition coefficient (Wildman–Crippen LogP) is -0.687. The van der Waals surface area contributed by atoms with Crippen molar-refractivity contribution in [3.8, 4) is 0 Å². The highest BCUT2D eigenvalue weighted by atomic mass is 31.1. The van der Waals surface area contributed by atoms with Crippen LogP contribution in [0.25, 0.3) is 11.2 Å². The predicted molar refractivity (Wildman–Crippen MR) is 107 cm³/mol. The molecule has 14 heteroatoms. The molecule has 0 aromatic carbocycles. The fourth-order valence-electron chi connectivity index (χ4n) is 3.33. The first-order valence-corrected chi connectivity index (χ1v) is 10.1. The van der Waals surface area contributed by atoms with Gasteiger partial charge in [-0.2, -0.15) is 0 Å². The van der Waals surface area contributed by atoms with Crippen LogP contribution in [-0.4, -0.2) is 66.2 Å². The summed E-state index contributed by atoms with van der Waals surface area (Å²) in [5, 5.41) is 13.0. The molecule has 30 heavy (non-hydrogen) atoms. The summed E-state index contributed by atoms with van der Waals surface area (Å²) in [6, 6.07) is -0.896. The maximum Gasteiger partial charge on any atom is 0.388 e. The number of fused-ring (bicyclic) bond motifs is 1. The maximum atomic E-state index is 12.7. The number of nitrogen functional groups attached to an aromatic ring is 1. The van der Waals surface area contributed by atoms with E-state index in [0.29, 0.717) is 5.69 Å². The highest BCUT2D eigenvalue weighted by Crippen LogP contribution is 2.35. The minimum absolute atomic E-state index is 0.0698. The number of H-pyrrole nitrogens is 1. The van der Waals surface area contributed by atoms with E-state index in [1.807, 2.05) is 0 Å². The zero-order valence-electron chi connectivity index (χ0n) is 16.7. The lowest BCUT2D eigenvalue weighted by atomic mass is 10.1. The minimum Gasteiger partial charge on any atom is -0.390 e. The Hall–Kier alpha value is -2.99. The van der Waals surface area contributed by atoms with Gasteiger partial charge in [-0.15, -0.1) is 0 Å². The summed E-state index contributed by atoms with van der Waals surface area (Å²) in [6.07, 6.45) is 2.01. The molecular weight excluding hydrogens is 413 g/mol. The molecule has 7 N–H and O–H groups in total. The summed E-state index contributed by atoms with van der Waals surface area (Å²) in [6.45, 7) is 0. The number of aliphatic hydroxyl groups is 1. The van der Waals surface area contributed by atoms with Crippen LogP contribution in [0.3, 0.4) is 0 Å². The SMILES string of the molecule is [3H][P+](=O)CC1OC(n2c(NC(=O)C(N)Cc3cnc[nH]3)nc3c(N)ncnc32)CC1O. The van der Waals surface area contributed by atoms with Gasteiger partial charge in [0.15, 0.2) is 23.1 Å². The number of nitrogens with one attached hydrogen (secondary N) is 2. The van der Waals surface area contributed by atoms with Crippen LogP contribution in [0.1, 0.15) is 18.3 Å². The largest absolute Gasteiger partial charge is 0.390 e. The second-order valence-electron chi connectivity index (χ2n) is 6.86. The third-order valence-corrected chi connectivity index (χ3v) is 5.33. The van der Waals surface area contributed by atoms with Gasteiger partial charge in [-0.05, 0) is 0 Å². The number of imidazole rings is 2. The molecule has 13 nitrogen and oxygen atoms in total. The number of nitrogens with two attached hydrogens (primary N) is 2. The molecule has 1 amide bonds. The van der Waals surface area contributed by atoms with Gasteiger partial charge >= 0.3 is 9.68 Å². The van der Waals surface area contributed by atoms with Crippen molar-refractivity contribution in [3.05, 3.63) is 24.5 Å². The van der Waals surface area contributed by atoms with Gasteiger partial charge in [0.25, 0.3) is 0 Å². The van der Waals surface area contributed by atoms with Gasteiger partial charge in [0, 0.05) is 24.7 Å². The second-order valence-corrected chi connectivity index (χ2v) is 7.48. The number of carbonyl (C=O) groups excluding carboxylic acids is 1. The van der Waals surface area contributed by atoms with Gasteiger partial charge in [0.2, 0.25) is 11.9 Å². The van der Waals surface area contributed by atoms with Gasteiger partial charge in [0.1, 0.15) is 18.7 Å². The van der Waals surface area contributed by atoms with Gasteiger partial charge in [-0.25, -0.2) is 19.9 Å². The van der Waals surface area contributed by atoms with Crippen molar-refractivity contribution in [2.45, 2.75) is 37.3 Å². The van der Waals surface area contributed by atoms with E-state index < -0.39 is 38.8 Å². The van der Waals surface area contributed by atoms with E-state index >= 15 is 0 Å². The van der Waals surface area contributed by atoms with E-state index in [1.54, 1.807) is 6.20 Å². The average Bonchev–Trinajstić information content (AvgIpc) is 3.42. The van der Waals surface area contributed by atoms with Crippen molar-refractivity contribution in [1.82, 2.24) is 29.5 Å². The van der Waals surface area contributed by atoms with Crippen molar-refractivity contribution in [2.24, 2.45) is 5.73 Å². The highest BCUT2D eigenvalue weighted by molar-refractivity contribution is 7.23. The summed E-state index contributed by atoms with van der Waals surface area (Å²) >= 11 is 0. The Kier molecular flexibility index (Phi) is 5.32. The number of aliphatic hydroxyl groups excluding tert-OH is 1. The Labute approximate surface area is 172 Å². The van der Waals surface area contributed by atoms with Gasteiger partial charge in [-0.1, -0.05) is 4.57 Å². The fourth-order valence-corrected chi connectivity index (χ4v) is 3.80. The Morgan fingerprint density at radius 1 is 1.57 bits per heavy atom. The van der Waals surface area contributed by atoms with Gasteiger partial charge in [0.05, 0.1) is 18.5 Å². The summed E-state index contributed by atoms with van der Waals surface area (Å²) in [4.78, 5) is 31.9. The molecule has 0 bridgehead atoms. The van der Waals surface area contributed by atoms with Gasteiger partial charge in [-0.3, -0.25) is 14.7 Å². The van der Waals surface area contributed by atoms with Crippen molar-refractivity contribution in [1.29, 1.82) is 1.28 Å². The lowest BCUT2D eigenvalue weighted by Crippen LogP contribution is -2.38. The summed E-state index contributed by atoms with van der Waals surface area (Å²) in [5.74, 6) is -0.340. The summed E-state index contributed by atoms with van der Waals surface area (Å²) < 4.78 is 25.9. The van der Waals surface area contributed by atoms with Crippen molar-refractivity contribution in [2.75, 3.05) is 17.2 Å². The van der Waals surface area contributed by atoms with Crippen molar-refractivity contribution in [3.63, 3.8) is 0 Å². The zero-order valence-corrected chi connectivity index (χ0v) is 16.6. The summed E-state index contributed by atoms with van der Waals surface area (Å²) in [7, 11) is -2.25. The maximum absolute atomic E-state index is 12.7. The highest BCUT2D eigenvalue weighted by Gasteiger charge is 2.39. The topological polar surface area (TPSA) is 200 Å². The van der Waals surface area contributed by atoms with Gasteiger partial charge < -0.3 is 26.3 Å². The molecular formula is C16H21N9O4P+. The molecule has 158 valence electrons. The quantitative estimate of drug-likeness (QED) is 0.295. The molecule has 5 unspecified atom stereocenters. The molecule has 3 aromatic rings. The number of ether oxygens (including phenoxy) is 1. The number of carbonyl (C=O) groups is 1. The molecule has 1 aliphatic rings. The van der Waals surface area contributed by atoms with Crippen molar-refractivity contribution < 1.29 is 19.2 Å². The monoisotopic (exact) mass is 436 g/mol. The lowest BCUT2D eigenvalue weighted by Gasteiger charge is -2.17. The molecule has 1 saturated heterocycles. The van der Waals surface area contributed by atoms with E-state index in [-0.39, 0.29) is 41.9 Å². The average molecular weight is 436 g/mol. The van der Waals surface area contributed by atoms with E-state index in [2.05, 4.69) is 30.2 Å². The molecule has 0 spiro atoms. The van der Waals surface area contributed by atoms with Crippen LogP contribution in [0.15, 0.2) is 18.9 Å². The van der Waals surface area contributed by atoms with Crippen molar-refractivity contribution >= 4 is 37.2 Å². The minimum atomic E-state index is -2.25. The Morgan fingerprint density at radius 3 is 3.13 bits per heavy atom. The van der Waals surface area contributed by atoms with Crippen LogP contribution in [0, 0.1) is 0 Å². The number of hydrogen-bond acceptors (Lipinski definition) is 10. The normalized spacial score (nSPS) is 23.3. The van der Waals surface area contributed by atoms with Crippen LogP contribution in [-0.2, 0) is 20.5 Å². The zero-order chi connectivity index (χ0) is 22.1.